The summed E-state index contributed by atoms with van der Waals surface area (Å²) >= 11 is 0. The fourth-order valence-corrected chi connectivity index (χ4v) is 3.30. The summed E-state index contributed by atoms with van der Waals surface area (Å²) in [6.07, 6.45) is -1.00. The van der Waals surface area contributed by atoms with Crippen LogP contribution in [0.25, 0.3) is 0 Å². The molecule has 0 unspecified atom stereocenters. The van der Waals surface area contributed by atoms with E-state index in [0.717, 1.165) is 11.1 Å². The Balaban J connectivity index is 1.94. The number of aryl methyl sites for hydroxylation is 1. The molecule has 2 aromatic carbocycles. The summed E-state index contributed by atoms with van der Waals surface area (Å²) in [6, 6.07) is 12.9. The van der Waals surface area contributed by atoms with Gasteiger partial charge in [0.15, 0.2) is 6.10 Å². The molecule has 0 saturated heterocycles. The smallest absolute Gasteiger partial charge is 0.338 e. The molecule has 0 aromatic heterocycles. The Bertz CT molecular complexity index is 955. The zero-order chi connectivity index (χ0) is 21.6. The summed E-state index contributed by atoms with van der Waals surface area (Å²) in [5.41, 5.74) is 2.18. The second-order valence-electron chi connectivity index (χ2n) is 6.37. The first-order valence-electron chi connectivity index (χ1n) is 8.82. The number of hydrogen-bond acceptors (Lipinski definition) is 6. The van der Waals surface area contributed by atoms with Gasteiger partial charge in [-0.3, -0.25) is 9.63 Å². The minimum Gasteiger partial charge on any atom is -0.449 e. The fraction of sp³-hybridized carbons (Fsp3) is 0.300. The third-order valence-corrected chi connectivity index (χ3v) is 5.92. The van der Waals surface area contributed by atoms with Gasteiger partial charge in [-0.15, -0.1) is 0 Å². The SMILES string of the molecule is CON(C)S(=O)(=O)c1ccc(C(=O)O[C@H](C)C(=O)NCc2ccc(C)cc2)cc1. The van der Waals surface area contributed by atoms with Crippen LogP contribution in [-0.2, 0) is 30.9 Å². The van der Waals surface area contributed by atoms with E-state index in [9.17, 15) is 18.0 Å². The standard InChI is InChI=1S/C20H24N2O6S/c1-14-5-7-16(8-6-14)13-21-19(23)15(2)28-20(24)17-9-11-18(12-10-17)29(25,26)22(3)27-4/h5-12,15H,13H2,1-4H3,(H,21,23)/t15-/m1/s1. The average molecular weight is 420 g/mol. The molecular formula is C20H24N2O6S. The molecule has 0 saturated carbocycles. The highest BCUT2D eigenvalue weighted by molar-refractivity contribution is 7.89. The normalized spacial score (nSPS) is 12.4. The first-order chi connectivity index (χ1) is 13.6. The predicted octanol–water partition coefficient (Wildman–Crippen LogP) is 2.04. The molecule has 0 aliphatic carbocycles. The van der Waals surface area contributed by atoms with Crippen LogP contribution in [0.15, 0.2) is 53.4 Å². The number of carbonyl (C=O) groups excluding carboxylic acids is 2. The summed E-state index contributed by atoms with van der Waals surface area (Å²) in [5.74, 6) is -1.16. The van der Waals surface area contributed by atoms with Crippen molar-refractivity contribution in [1.29, 1.82) is 0 Å². The number of amides is 1. The zero-order valence-corrected chi connectivity index (χ0v) is 17.5. The largest absolute Gasteiger partial charge is 0.449 e. The average Bonchev–Trinajstić information content (AvgIpc) is 2.72. The zero-order valence-electron chi connectivity index (χ0n) is 16.7. The van der Waals surface area contributed by atoms with Gasteiger partial charge in [0.1, 0.15) is 0 Å². The molecule has 0 aliphatic heterocycles. The van der Waals surface area contributed by atoms with Crippen LogP contribution in [0, 0.1) is 6.92 Å². The molecular weight excluding hydrogens is 396 g/mol. The summed E-state index contributed by atoms with van der Waals surface area (Å²) in [5, 5.41) is 2.71. The lowest BCUT2D eigenvalue weighted by Crippen LogP contribution is -2.35. The van der Waals surface area contributed by atoms with Crippen molar-refractivity contribution in [2.45, 2.75) is 31.4 Å². The second kappa shape index (κ2) is 9.64. The summed E-state index contributed by atoms with van der Waals surface area (Å²) in [6.45, 7) is 3.76. The third-order valence-electron chi connectivity index (χ3n) is 4.22. The number of benzene rings is 2. The number of hydroxylamine groups is 1. The van der Waals surface area contributed by atoms with Crippen LogP contribution in [0.3, 0.4) is 0 Å². The first kappa shape index (κ1) is 22.5. The molecule has 29 heavy (non-hydrogen) atoms. The van der Waals surface area contributed by atoms with E-state index >= 15 is 0 Å². The lowest BCUT2D eigenvalue weighted by Gasteiger charge is -2.15. The van der Waals surface area contributed by atoms with Crippen LogP contribution in [0.5, 0.6) is 0 Å². The number of esters is 1. The van der Waals surface area contributed by atoms with Gasteiger partial charge >= 0.3 is 5.97 Å². The van der Waals surface area contributed by atoms with Crippen LogP contribution in [0.1, 0.15) is 28.4 Å². The lowest BCUT2D eigenvalue weighted by molar-refractivity contribution is -0.129. The van der Waals surface area contributed by atoms with E-state index in [1.807, 2.05) is 31.2 Å². The molecule has 0 radical (unpaired) electrons. The highest BCUT2D eigenvalue weighted by Gasteiger charge is 2.22. The Hall–Kier alpha value is -2.75. The van der Waals surface area contributed by atoms with E-state index < -0.39 is 28.0 Å². The van der Waals surface area contributed by atoms with Gasteiger partial charge in [-0.05, 0) is 43.7 Å². The van der Waals surface area contributed by atoms with Crippen molar-refractivity contribution in [3.8, 4) is 0 Å². The van der Waals surface area contributed by atoms with Crippen LogP contribution in [0.2, 0.25) is 0 Å². The molecule has 2 rings (SSSR count). The molecule has 1 N–H and O–H groups in total. The monoisotopic (exact) mass is 420 g/mol. The van der Waals surface area contributed by atoms with E-state index in [4.69, 9.17) is 9.57 Å². The van der Waals surface area contributed by atoms with Crippen molar-refractivity contribution in [3.63, 3.8) is 0 Å². The molecule has 8 nitrogen and oxygen atoms in total. The molecule has 2 aromatic rings. The number of nitrogens with one attached hydrogen (secondary N) is 1. The molecule has 9 heteroatoms. The van der Waals surface area contributed by atoms with Gasteiger partial charge < -0.3 is 10.1 Å². The number of rotatable bonds is 8. The number of hydrogen-bond donors (Lipinski definition) is 1. The summed E-state index contributed by atoms with van der Waals surface area (Å²) in [7, 11) is -1.32. The summed E-state index contributed by atoms with van der Waals surface area (Å²) < 4.78 is 30.2. The van der Waals surface area contributed by atoms with Gasteiger partial charge in [-0.1, -0.05) is 34.3 Å². The Morgan fingerprint density at radius 2 is 1.66 bits per heavy atom. The molecule has 1 atom stereocenters. The number of carbonyl (C=O) groups is 2. The molecule has 0 aliphatic rings. The van der Waals surface area contributed by atoms with Gasteiger partial charge in [0.25, 0.3) is 15.9 Å². The van der Waals surface area contributed by atoms with Crippen LogP contribution in [0.4, 0.5) is 0 Å². The van der Waals surface area contributed by atoms with Gasteiger partial charge in [-0.25, -0.2) is 13.2 Å². The van der Waals surface area contributed by atoms with Crippen molar-refractivity contribution < 1.29 is 27.6 Å². The Kier molecular flexibility index (Phi) is 7.49. The van der Waals surface area contributed by atoms with E-state index in [-0.39, 0.29) is 10.5 Å². The highest BCUT2D eigenvalue weighted by atomic mass is 32.2. The quantitative estimate of drug-likeness (QED) is 0.518. The van der Waals surface area contributed by atoms with Crippen molar-refractivity contribution in [1.82, 2.24) is 9.79 Å². The molecule has 1 amide bonds. The van der Waals surface area contributed by atoms with Crippen molar-refractivity contribution in [2.24, 2.45) is 0 Å². The van der Waals surface area contributed by atoms with Crippen molar-refractivity contribution in [2.75, 3.05) is 14.2 Å². The molecule has 0 bridgehead atoms. The minimum atomic E-state index is -3.81. The van der Waals surface area contributed by atoms with Gasteiger partial charge in [-0.2, -0.15) is 0 Å². The van der Waals surface area contributed by atoms with E-state index in [2.05, 4.69) is 5.32 Å². The number of nitrogens with zero attached hydrogens (tertiary/aromatic N) is 1. The van der Waals surface area contributed by atoms with E-state index in [1.165, 1.54) is 45.3 Å². The van der Waals surface area contributed by atoms with Crippen molar-refractivity contribution in [3.05, 3.63) is 65.2 Å². The van der Waals surface area contributed by atoms with Crippen LogP contribution < -0.4 is 5.32 Å². The van der Waals surface area contributed by atoms with E-state index in [0.29, 0.717) is 11.0 Å². The predicted molar refractivity (Wildman–Crippen MR) is 106 cm³/mol. The topological polar surface area (TPSA) is 102 Å². The molecule has 156 valence electrons. The van der Waals surface area contributed by atoms with Gasteiger partial charge in [0, 0.05) is 13.6 Å². The van der Waals surface area contributed by atoms with Crippen molar-refractivity contribution >= 4 is 21.9 Å². The Morgan fingerprint density at radius 1 is 1.07 bits per heavy atom. The molecule has 0 fully saturated rings. The Labute approximate surface area is 170 Å². The van der Waals surface area contributed by atoms with E-state index in [1.54, 1.807) is 0 Å². The molecule has 0 spiro atoms. The highest BCUT2D eigenvalue weighted by Crippen LogP contribution is 2.16. The maximum absolute atomic E-state index is 12.2. The summed E-state index contributed by atoms with van der Waals surface area (Å²) in [4.78, 5) is 29.0. The maximum atomic E-state index is 12.2. The first-order valence-corrected chi connectivity index (χ1v) is 10.3. The third kappa shape index (κ3) is 5.86. The van der Waals surface area contributed by atoms with Crippen LogP contribution in [-0.4, -0.2) is 45.0 Å². The minimum absolute atomic E-state index is 0.0395. The second-order valence-corrected chi connectivity index (χ2v) is 8.31. The van der Waals surface area contributed by atoms with Gasteiger partial charge in [0.05, 0.1) is 17.6 Å². The number of sulfonamides is 1. The maximum Gasteiger partial charge on any atom is 0.338 e. The number of ether oxygens (including phenoxy) is 1. The lowest BCUT2D eigenvalue weighted by atomic mass is 10.1. The Morgan fingerprint density at radius 3 is 2.21 bits per heavy atom. The molecule has 0 heterocycles. The van der Waals surface area contributed by atoms with Gasteiger partial charge in [0.2, 0.25) is 0 Å². The fourth-order valence-electron chi connectivity index (χ4n) is 2.33. The van der Waals surface area contributed by atoms with Crippen LogP contribution >= 0.6 is 0 Å².